The van der Waals surface area contributed by atoms with Gasteiger partial charge in [0.15, 0.2) is 6.29 Å². The first-order valence-electron chi connectivity index (χ1n) is 43.6. The number of ether oxygens (including phenoxy) is 2. The molecule has 0 aromatic rings. The number of aliphatic hydroxyl groups excluding tert-OH is 1. The Balaban J connectivity index is -0.000000924. The Labute approximate surface area is 589 Å². The van der Waals surface area contributed by atoms with E-state index in [1.54, 1.807) is 0 Å². The molecule has 0 saturated heterocycles. The second-order valence-corrected chi connectivity index (χ2v) is 30.3. The second-order valence-electron chi connectivity index (χ2n) is 30.3. The molecule has 0 amide bonds. The van der Waals surface area contributed by atoms with Crippen LogP contribution in [0.1, 0.15) is 506 Å². The van der Waals surface area contributed by atoms with Crippen LogP contribution in [-0.4, -0.2) is 43.0 Å². The molecule has 564 valence electrons. The van der Waals surface area contributed by atoms with Crippen molar-refractivity contribution in [3.05, 3.63) is 0 Å². The molecule has 3 N–H and O–H groups in total. The van der Waals surface area contributed by atoms with Crippen LogP contribution in [0.4, 0.5) is 0 Å². The average molecular weight is 1320 g/mol. The summed E-state index contributed by atoms with van der Waals surface area (Å²) in [6.45, 7) is 25.1. The molecular formula is C88H182O5. The van der Waals surface area contributed by atoms with E-state index in [2.05, 4.69) is 69.2 Å². The van der Waals surface area contributed by atoms with E-state index in [1.807, 2.05) is 0 Å². The third kappa shape index (κ3) is 80.4. The molecule has 5 heteroatoms. The van der Waals surface area contributed by atoms with Crippen LogP contribution >= 0.6 is 0 Å². The topological polar surface area (TPSA) is 87.3 Å². The van der Waals surface area contributed by atoms with Crippen LogP contribution in [-0.2, 0) is 14.3 Å². The van der Waals surface area contributed by atoms with E-state index in [1.165, 1.54) is 424 Å². The number of hydrogen-bond acceptors (Lipinski definition) is 4. The van der Waals surface area contributed by atoms with Gasteiger partial charge in [0.25, 0.3) is 0 Å². The summed E-state index contributed by atoms with van der Waals surface area (Å²) in [6, 6.07) is 0. The minimum absolute atomic E-state index is 0. The van der Waals surface area contributed by atoms with Crippen LogP contribution in [0.3, 0.4) is 0 Å². The zero-order valence-electron chi connectivity index (χ0n) is 66.4. The van der Waals surface area contributed by atoms with Crippen molar-refractivity contribution in [2.45, 2.75) is 512 Å². The number of aliphatic hydroxyl groups is 1. The van der Waals surface area contributed by atoms with Crippen LogP contribution in [0.25, 0.3) is 0 Å². The SMILES string of the molecule is CCCCC(C=O)CC.CCCCCCCCCCCCC(CCCCCCCCCC)COC(OCC(CCCCCCCCCC)CCCCCCCCCCCC)C(CC)CCCC.CCCCCCCCCCCCC(CO)CCCCCCCCCC.O. The summed E-state index contributed by atoms with van der Waals surface area (Å²) in [7, 11) is 0. The van der Waals surface area contributed by atoms with Crippen LogP contribution in [0.5, 0.6) is 0 Å². The lowest BCUT2D eigenvalue weighted by Crippen LogP contribution is -2.31. The largest absolute Gasteiger partial charge is 0.412 e. The molecule has 0 aliphatic heterocycles. The molecule has 0 aromatic heterocycles. The predicted molar refractivity (Wildman–Crippen MR) is 421 cm³/mol. The van der Waals surface area contributed by atoms with Crippen molar-refractivity contribution < 1.29 is 24.9 Å². The molecule has 93 heavy (non-hydrogen) atoms. The molecule has 0 aliphatic rings. The van der Waals surface area contributed by atoms with Crippen molar-refractivity contribution in [3.8, 4) is 0 Å². The lowest BCUT2D eigenvalue weighted by molar-refractivity contribution is -0.188. The Hall–Kier alpha value is -0.490. The van der Waals surface area contributed by atoms with Crippen molar-refractivity contribution in [2.75, 3.05) is 19.8 Å². The van der Waals surface area contributed by atoms with Crippen LogP contribution in [0, 0.1) is 29.6 Å². The fraction of sp³-hybridized carbons (Fsp3) is 0.989. The first-order valence-corrected chi connectivity index (χ1v) is 43.6. The molecule has 0 spiro atoms. The quantitative estimate of drug-likeness (QED) is 0.0373. The van der Waals surface area contributed by atoms with E-state index in [0.29, 0.717) is 36.2 Å². The Morgan fingerprint density at radius 3 is 0.645 bits per heavy atom. The Kier molecular flexibility index (Phi) is 95.2. The zero-order valence-corrected chi connectivity index (χ0v) is 66.4. The van der Waals surface area contributed by atoms with E-state index < -0.39 is 0 Å². The molecule has 0 aromatic carbocycles. The zero-order chi connectivity index (χ0) is 67.8. The molecule has 0 saturated carbocycles. The van der Waals surface area contributed by atoms with E-state index in [-0.39, 0.29) is 11.8 Å². The highest BCUT2D eigenvalue weighted by molar-refractivity contribution is 5.53. The predicted octanol–water partition coefficient (Wildman–Crippen LogP) is 30.5. The highest BCUT2D eigenvalue weighted by Gasteiger charge is 2.25. The molecule has 0 bridgehead atoms. The Morgan fingerprint density at radius 1 is 0.247 bits per heavy atom. The normalized spacial score (nSPS) is 13.4. The van der Waals surface area contributed by atoms with Gasteiger partial charge in [-0.05, 0) is 82.0 Å². The van der Waals surface area contributed by atoms with E-state index in [9.17, 15) is 9.90 Å². The van der Waals surface area contributed by atoms with Gasteiger partial charge in [0.2, 0.25) is 0 Å². The van der Waals surface area contributed by atoms with Crippen molar-refractivity contribution in [1.29, 1.82) is 0 Å². The Morgan fingerprint density at radius 2 is 0.452 bits per heavy atom. The third-order valence-corrected chi connectivity index (χ3v) is 21.0. The number of unbranched alkanes of at least 4 members (excludes halogenated alkanes) is 50. The summed E-state index contributed by atoms with van der Waals surface area (Å²) in [5.74, 6) is 2.83. The number of carbonyl (C=O) groups is 1. The number of rotatable bonds is 77. The number of aldehydes is 1. The monoisotopic (exact) mass is 1320 g/mol. The molecule has 0 rings (SSSR count). The summed E-state index contributed by atoms with van der Waals surface area (Å²) >= 11 is 0. The minimum Gasteiger partial charge on any atom is -0.412 e. The second kappa shape index (κ2) is 89.5. The first kappa shape index (κ1) is 98.9. The van der Waals surface area contributed by atoms with Gasteiger partial charge in [-0.15, -0.1) is 0 Å². The molecule has 0 fully saturated rings. The maximum Gasteiger partial charge on any atom is 0.160 e. The van der Waals surface area contributed by atoms with Crippen LogP contribution in [0.2, 0.25) is 0 Å². The first-order chi connectivity index (χ1) is 45.4. The van der Waals surface area contributed by atoms with Crippen molar-refractivity contribution >= 4 is 6.29 Å². The third-order valence-electron chi connectivity index (χ3n) is 21.0. The van der Waals surface area contributed by atoms with Crippen molar-refractivity contribution in [3.63, 3.8) is 0 Å². The van der Waals surface area contributed by atoms with Gasteiger partial charge >= 0.3 is 0 Å². The summed E-state index contributed by atoms with van der Waals surface area (Å²) < 4.78 is 14.1. The van der Waals surface area contributed by atoms with E-state index in [4.69, 9.17) is 9.47 Å². The molecule has 0 radical (unpaired) electrons. The van der Waals surface area contributed by atoms with Gasteiger partial charge in [-0.1, -0.05) is 442 Å². The van der Waals surface area contributed by atoms with Gasteiger partial charge in [0.05, 0.1) is 13.2 Å². The summed E-state index contributed by atoms with van der Waals surface area (Å²) in [4.78, 5) is 10.2. The van der Waals surface area contributed by atoms with Gasteiger partial charge in [0.1, 0.15) is 6.29 Å². The number of hydrogen-bond donors (Lipinski definition) is 1. The summed E-state index contributed by atoms with van der Waals surface area (Å²) in [6.07, 6.45) is 94.7. The van der Waals surface area contributed by atoms with Gasteiger partial charge in [0, 0.05) is 18.4 Å². The minimum atomic E-state index is -0.0147. The average Bonchev–Trinajstić information content (AvgIpc) is 3.55. The maximum atomic E-state index is 10.2. The molecule has 5 nitrogen and oxygen atoms in total. The fourth-order valence-corrected chi connectivity index (χ4v) is 14.0. The molecule has 5 unspecified atom stereocenters. The summed E-state index contributed by atoms with van der Waals surface area (Å²) in [5.41, 5.74) is 0. The highest BCUT2D eigenvalue weighted by Crippen LogP contribution is 2.29. The van der Waals surface area contributed by atoms with Gasteiger partial charge < -0.3 is 24.9 Å². The lowest BCUT2D eigenvalue weighted by Gasteiger charge is -2.30. The molecule has 0 aliphatic carbocycles. The lowest BCUT2D eigenvalue weighted by atomic mass is 9.93. The molecular weight excluding hydrogens is 1140 g/mol. The van der Waals surface area contributed by atoms with Crippen LogP contribution < -0.4 is 0 Å². The van der Waals surface area contributed by atoms with E-state index >= 15 is 0 Å². The maximum absolute atomic E-state index is 10.2. The smallest absolute Gasteiger partial charge is 0.160 e. The summed E-state index contributed by atoms with van der Waals surface area (Å²) in [5, 5.41) is 9.57. The highest BCUT2D eigenvalue weighted by atomic mass is 16.7. The van der Waals surface area contributed by atoms with Crippen molar-refractivity contribution in [2.24, 2.45) is 29.6 Å². The van der Waals surface area contributed by atoms with Gasteiger partial charge in [-0.3, -0.25) is 0 Å². The van der Waals surface area contributed by atoms with Gasteiger partial charge in [-0.25, -0.2) is 0 Å². The standard InChI is InChI=1S/C56H114O2.C24H50O.C8H16O.H2O/c1-7-13-18-22-26-30-32-36-40-44-48-53(46-42-38-34-28-24-20-15-9-3)51-57-56(55(12-6)50-17-11-5)58-52-54(47-43-39-35-29-25-21-16-10-4)49-45-41-37-33-31-27-23-19-14-8-2;1-3-5-7-9-11-13-14-16-18-20-22-24(23-25)21-19-17-15-12-10-8-6-4-2;1-3-5-6-8(4-2)7-9;/h53-56H,7-52H2,1-6H3;24-25H,3-23H2,1-2H3;7-8H,3-6H2,1-2H3;1H2. The fourth-order valence-electron chi connectivity index (χ4n) is 14.0. The van der Waals surface area contributed by atoms with Crippen molar-refractivity contribution in [1.82, 2.24) is 0 Å². The van der Waals surface area contributed by atoms with Gasteiger partial charge in [-0.2, -0.15) is 0 Å². The molecule has 5 atom stereocenters. The molecule has 0 heterocycles. The van der Waals surface area contributed by atoms with Crippen LogP contribution in [0.15, 0.2) is 0 Å². The van der Waals surface area contributed by atoms with E-state index in [0.717, 1.165) is 32.3 Å². The Bertz CT molecular complexity index is 1210. The number of carbonyl (C=O) groups excluding carboxylic acids is 1.